The Balaban J connectivity index is 1.86. The van der Waals surface area contributed by atoms with Gasteiger partial charge in [-0.1, -0.05) is 49.2 Å². The number of benzene rings is 2. The molecule has 0 radical (unpaired) electrons. The number of dihydropyridines is 1. The normalized spacial score (nSPS) is 19.8. The number of para-hydroxylation sites is 1. The number of carbonyl (C=O) groups is 2. The van der Waals surface area contributed by atoms with Gasteiger partial charge in [0, 0.05) is 44.9 Å². The molecule has 2 aliphatic rings. The lowest BCUT2D eigenvalue weighted by molar-refractivity contribution is -0.118. The number of halogens is 4. The highest BCUT2D eigenvalue weighted by Crippen LogP contribution is 2.48. The molecule has 172 valence electrons. The van der Waals surface area contributed by atoms with Crippen molar-refractivity contribution in [3.63, 3.8) is 0 Å². The Morgan fingerprint density at radius 1 is 1.12 bits per heavy atom. The van der Waals surface area contributed by atoms with Crippen molar-refractivity contribution < 1.29 is 18.4 Å². The third kappa shape index (κ3) is 4.42. The minimum absolute atomic E-state index is 0.111. The van der Waals surface area contributed by atoms with Crippen molar-refractivity contribution in [2.24, 2.45) is 5.41 Å². The van der Waals surface area contributed by atoms with Crippen LogP contribution in [0.25, 0.3) is 0 Å². The quantitative estimate of drug-likeness (QED) is 0.515. The Hall–Kier alpha value is -2.70. The van der Waals surface area contributed by atoms with Crippen LogP contribution in [0.4, 0.5) is 14.5 Å². The van der Waals surface area contributed by atoms with Crippen LogP contribution >= 0.6 is 23.2 Å². The van der Waals surface area contributed by atoms with E-state index in [1.165, 1.54) is 6.07 Å². The lowest BCUT2D eigenvalue weighted by Crippen LogP contribution is -2.39. The van der Waals surface area contributed by atoms with Gasteiger partial charge in [-0.25, -0.2) is 8.78 Å². The number of allylic oxidation sites excluding steroid dienone is 3. The summed E-state index contributed by atoms with van der Waals surface area (Å²) in [6.45, 7) is 5.70. The molecule has 1 aliphatic carbocycles. The first-order valence-electron chi connectivity index (χ1n) is 10.4. The van der Waals surface area contributed by atoms with Crippen molar-refractivity contribution >= 4 is 40.6 Å². The van der Waals surface area contributed by atoms with E-state index in [1.807, 2.05) is 13.8 Å². The molecule has 0 bridgehead atoms. The number of ketones is 1. The molecule has 2 aromatic rings. The maximum absolute atomic E-state index is 14.2. The first-order valence-corrected chi connectivity index (χ1v) is 11.2. The molecule has 2 N–H and O–H groups in total. The molecule has 0 spiro atoms. The zero-order valence-electron chi connectivity index (χ0n) is 18.3. The molecule has 1 aliphatic heterocycles. The molecule has 8 heteroatoms. The summed E-state index contributed by atoms with van der Waals surface area (Å²) in [6, 6.07) is 8.16. The molecule has 1 amide bonds. The van der Waals surface area contributed by atoms with Gasteiger partial charge in [0.15, 0.2) is 5.78 Å². The van der Waals surface area contributed by atoms with Crippen LogP contribution in [-0.2, 0) is 9.59 Å². The number of anilines is 1. The molecule has 2 aromatic carbocycles. The number of hydrogen-bond donors (Lipinski definition) is 2. The van der Waals surface area contributed by atoms with Gasteiger partial charge in [-0.2, -0.15) is 0 Å². The van der Waals surface area contributed by atoms with Gasteiger partial charge in [0.1, 0.15) is 17.3 Å². The molecule has 33 heavy (non-hydrogen) atoms. The first-order chi connectivity index (χ1) is 15.5. The molecule has 0 saturated carbocycles. The van der Waals surface area contributed by atoms with E-state index in [-0.39, 0.29) is 21.8 Å². The smallest absolute Gasteiger partial charge is 0.254 e. The summed E-state index contributed by atoms with van der Waals surface area (Å²) in [6.07, 6.45) is 0.898. The Morgan fingerprint density at radius 2 is 1.79 bits per heavy atom. The number of carbonyl (C=O) groups excluding carboxylic acids is 2. The zero-order chi connectivity index (χ0) is 24.1. The number of Topliss-reactive ketones (excluding diaryl/α,β-unsaturated/α-hetero) is 1. The lowest BCUT2D eigenvalue weighted by Gasteiger charge is -2.39. The minimum atomic E-state index is -0.901. The summed E-state index contributed by atoms with van der Waals surface area (Å²) in [5, 5.41) is 6.24. The number of amides is 1. The average Bonchev–Trinajstić information content (AvgIpc) is 2.69. The first kappa shape index (κ1) is 23.5. The van der Waals surface area contributed by atoms with Crippen LogP contribution in [0, 0.1) is 17.0 Å². The maximum atomic E-state index is 14.2. The van der Waals surface area contributed by atoms with E-state index in [0.29, 0.717) is 34.7 Å². The van der Waals surface area contributed by atoms with Gasteiger partial charge in [-0.3, -0.25) is 9.59 Å². The van der Waals surface area contributed by atoms with Crippen LogP contribution in [0.2, 0.25) is 10.0 Å². The van der Waals surface area contributed by atoms with Crippen LogP contribution < -0.4 is 10.6 Å². The van der Waals surface area contributed by atoms with Gasteiger partial charge in [0.2, 0.25) is 0 Å². The second-order valence-electron chi connectivity index (χ2n) is 9.15. The van der Waals surface area contributed by atoms with Gasteiger partial charge in [0.05, 0.1) is 0 Å². The number of hydrogen-bond acceptors (Lipinski definition) is 3. The maximum Gasteiger partial charge on any atom is 0.254 e. The fraction of sp³-hybridized carbons (Fsp3) is 0.280. The lowest BCUT2D eigenvalue weighted by atomic mass is 9.68. The van der Waals surface area contributed by atoms with Gasteiger partial charge in [0.25, 0.3) is 5.91 Å². The zero-order valence-corrected chi connectivity index (χ0v) is 19.8. The average molecular weight is 491 g/mol. The summed E-state index contributed by atoms with van der Waals surface area (Å²) in [4.78, 5) is 26.7. The standard InChI is InChI=1S/C25H22Cl2F2N2O2/c1-12-20(24(33)31-23-16(28)5-4-6-17(23)29)21(14-8-7-13(26)9-15(14)27)22-18(30-12)10-25(2,3)11-19(22)32/h4-9,21,30H,10-11H2,1-3H3,(H,31,33). The van der Waals surface area contributed by atoms with Crippen molar-refractivity contribution in [2.75, 3.05) is 5.32 Å². The number of nitrogens with one attached hydrogen (secondary N) is 2. The second kappa shape index (κ2) is 8.58. The van der Waals surface area contributed by atoms with Crippen molar-refractivity contribution in [1.82, 2.24) is 5.32 Å². The van der Waals surface area contributed by atoms with Crippen LogP contribution in [0.15, 0.2) is 58.9 Å². The fourth-order valence-corrected chi connectivity index (χ4v) is 5.10. The highest BCUT2D eigenvalue weighted by molar-refractivity contribution is 6.35. The molecule has 0 saturated heterocycles. The van der Waals surface area contributed by atoms with E-state index in [1.54, 1.807) is 25.1 Å². The minimum Gasteiger partial charge on any atom is -0.362 e. The summed E-state index contributed by atoms with van der Waals surface area (Å²) in [7, 11) is 0. The van der Waals surface area contributed by atoms with Crippen molar-refractivity contribution in [2.45, 2.75) is 39.5 Å². The van der Waals surface area contributed by atoms with Crippen molar-refractivity contribution in [3.05, 3.63) is 86.2 Å². The number of rotatable bonds is 3. The third-order valence-corrected chi connectivity index (χ3v) is 6.52. The Kier molecular flexibility index (Phi) is 6.10. The summed E-state index contributed by atoms with van der Waals surface area (Å²) < 4.78 is 28.5. The molecule has 4 nitrogen and oxygen atoms in total. The van der Waals surface area contributed by atoms with E-state index in [9.17, 15) is 18.4 Å². The van der Waals surface area contributed by atoms with Crippen LogP contribution in [0.3, 0.4) is 0 Å². The van der Waals surface area contributed by atoms with Crippen LogP contribution in [-0.4, -0.2) is 11.7 Å². The molecule has 1 heterocycles. The molecule has 4 rings (SSSR count). The Labute approximate surface area is 200 Å². The molecule has 0 aromatic heterocycles. The topological polar surface area (TPSA) is 58.2 Å². The van der Waals surface area contributed by atoms with E-state index < -0.39 is 29.1 Å². The monoisotopic (exact) mass is 490 g/mol. The van der Waals surface area contributed by atoms with Crippen LogP contribution in [0.5, 0.6) is 0 Å². The molecule has 0 fully saturated rings. The van der Waals surface area contributed by atoms with Crippen LogP contribution in [0.1, 0.15) is 45.1 Å². The molecular formula is C25H22Cl2F2N2O2. The third-order valence-electron chi connectivity index (χ3n) is 5.96. The van der Waals surface area contributed by atoms with E-state index in [2.05, 4.69) is 10.6 Å². The van der Waals surface area contributed by atoms with E-state index in [0.717, 1.165) is 17.8 Å². The molecular weight excluding hydrogens is 469 g/mol. The van der Waals surface area contributed by atoms with Gasteiger partial charge in [-0.05, 0) is 48.6 Å². The highest BCUT2D eigenvalue weighted by Gasteiger charge is 2.43. The second-order valence-corrected chi connectivity index (χ2v) is 9.99. The summed E-state index contributed by atoms with van der Waals surface area (Å²) in [5.41, 5.74) is 1.49. The summed E-state index contributed by atoms with van der Waals surface area (Å²) in [5.74, 6) is -3.46. The largest absolute Gasteiger partial charge is 0.362 e. The fourth-order valence-electron chi connectivity index (χ4n) is 4.58. The SMILES string of the molecule is CC1=C(C(=O)Nc2c(F)cccc2F)C(c2ccc(Cl)cc2Cl)C2=C(CC(C)(C)CC2=O)N1. The summed E-state index contributed by atoms with van der Waals surface area (Å²) >= 11 is 12.6. The predicted molar refractivity (Wildman–Crippen MR) is 125 cm³/mol. The van der Waals surface area contributed by atoms with Gasteiger partial charge < -0.3 is 10.6 Å². The van der Waals surface area contributed by atoms with Crippen molar-refractivity contribution in [1.29, 1.82) is 0 Å². The van der Waals surface area contributed by atoms with Gasteiger partial charge >= 0.3 is 0 Å². The highest BCUT2D eigenvalue weighted by atomic mass is 35.5. The van der Waals surface area contributed by atoms with E-state index in [4.69, 9.17) is 23.2 Å². The Bertz CT molecular complexity index is 1230. The predicted octanol–water partition coefficient (Wildman–Crippen LogP) is 6.51. The molecule has 1 atom stereocenters. The Morgan fingerprint density at radius 3 is 2.42 bits per heavy atom. The van der Waals surface area contributed by atoms with E-state index >= 15 is 0 Å². The van der Waals surface area contributed by atoms with Gasteiger partial charge in [-0.15, -0.1) is 0 Å². The van der Waals surface area contributed by atoms with Crippen molar-refractivity contribution in [3.8, 4) is 0 Å². The molecule has 1 unspecified atom stereocenters.